The first-order valence-electron chi connectivity index (χ1n) is 5.53. The number of rotatable bonds is 3. The molecular weight excluding hydrogens is 212 g/mol. The van der Waals surface area contributed by atoms with Crippen LogP contribution in [-0.2, 0) is 4.79 Å². The fourth-order valence-corrected chi connectivity index (χ4v) is 2.01. The van der Waals surface area contributed by atoms with Crippen LogP contribution < -0.4 is 0 Å². The Balaban J connectivity index is 2.51. The minimum atomic E-state index is -0.814. The second-order valence-corrected chi connectivity index (χ2v) is 4.04. The minimum Gasteiger partial charge on any atom is -0.481 e. The van der Waals surface area contributed by atoms with Gasteiger partial charge in [-0.25, -0.2) is 0 Å². The van der Waals surface area contributed by atoms with Crippen LogP contribution in [0.4, 0.5) is 0 Å². The summed E-state index contributed by atoms with van der Waals surface area (Å²) >= 11 is 0. The van der Waals surface area contributed by atoms with Gasteiger partial charge in [-0.3, -0.25) is 4.79 Å². The first-order chi connectivity index (χ1) is 8.20. The summed E-state index contributed by atoms with van der Waals surface area (Å²) in [6.45, 7) is 1.94. The molecule has 0 aliphatic heterocycles. The molecule has 2 aromatic rings. The molecule has 2 heteroatoms. The molecule has 0 heterocycles. The normalized spacial score (nSPS) is 12.1. The second kappa shape index (κ2) is 4.83. The van der Waals surface area contributed by atoms with Crippen molar-refractivity contribution in [2.75, 3.05) is 0 Å². The van der Waals surface area contributed by atoms with Gasteiger partial charge in [0.1, 0.15) is 5.92 Å². The highest BCUT2D eigenvalue weighted by molar-refractivity contribution is 5.80. The van der Waals surface area contributed by atoms with E-state index >= 15 is 0 Å². The van der Waals surface area contributed by atoms with Gasteiger partial charge in [-0.1, -0.05) is 54.6 Å². The molecule has 0 radical (unpaired) electrons. The topological polar surface area (TPSA) is 37.3 Å². The lowest BCUT2D eigenvalue weighted by atomic mass is 9.89. The van der Waals surface area contributed by atoms with Gasteiger partial charge >= 0.3 is 5.97 Å². The van der Waals surface area contributed by atoms with Crippen molar-refractivity contribution < 1.29 is 9.90 Å². The van der Waals surface area contributed by atoms with E-state index in [1.54, 1.807) is 0 Å². The van der Waals surface area contributed by atoms with Crippen molar-refractivity contribution >= 4 is 5.97 Å². The molecule has 0 aliphatic carbocycles. The molecule has 2 nitrogen and oxygen atoms in total. The smallest absolute Gasteiger partial charge is 0.315 e. The Kier molecular flexibility index (Phi) is 3.24. The fourth-order valence-electron chi connectivity index (χ4n) is 2.01. The summed E-state index contributed by atoms with van der Waals surface area (Å²) in [4.78, 5) is 11.5. The fraction of sp³-hybridized carbons (Fsp3) is 0.133. The van der Waals surface area contributed by atoms with E-state index in [2.05, 4.69) is 0 Å². The van der Waals surface area contributed by atoms with E-state index in [1.165, 1.54) is 0 Å². The maximum Gasteiger partial charge on any atom is 0.315 e. The van der Waals surface area contributed by atoms with Gasteiger partial charge in [0.05, 0.1) is 0 Å². The van der Waals surface area contributed by atoms with Gasteiger partial charge in [0.2, 0.25) is 0 Å². The lowest BCUT2D eigenvalue weighted by Crippen LogP contribution is -2.14. The van der Waals surface area contributed by atoms with Gasteiger partial charge < -0.3 is 5.11 Å². The molecule has 0 amide bonds. The summed E-state index contributed by atoms with van der Waals surface area (Å²) < 4.78 is 0. The molecule has 0 saturated heterocycles. The number of hydrogen-bond donors (Lipinski definition) is 1. The lowest BCUT2D eigenvalue weighted by molar-refractivity contribution is -0.137. The summed E-state index contributed by atoms with van der Waals surface area (Å²) in [5.74, 6) is -1.40. The van der Waals surface area contributed by atoms with Gasteiger partial charge in [-0.2, -0.15) is 0 Å². The number of aryl methyl sites for hydroxylation is 1. The second-order valence-electron chi connectivity index (χ2n) is 4.04. The number of carboxylic acids is 1. The van der Waals surface area contributed by atoms with Gasteiger partial charge in [-0.15, -0.1) is 0 Å². The zero-order chi connectivity index (χ0) is 12.3. The zero-order valence-corrected chi connectivity index (χ0v) is 9.63. The average molecular weight is 226 g/mol. The Morgan fingerprint density at radius 2 is 1.59 bits per heavy atom. The number of hydrogen-bond acceptors (Lipinski definition) is 1. The molecule has 0 spiro atoms. The largest absolute Gasteiger partial charge is 0.481 e. The van der Waals surface area contributed by atoms with Crippen LogP contribution in [0.5, 0.6) is 0 Å². The molecule has 0 aromatic heterocycles. The molecule has 17 heavy (non-hydrogen) atoms. The SMILES string of the molecule is Cc1ccccc1C(C(=O)O)c1ccccc1. The van der Waals surface area contributed by atoms with Crippen LogP contribution in [0.25, 0.3) is 0 Å². The Hall–Kier alpha value is -2.09. The standard InChI is InChI=1S/C15H14O2/c1-11-7-5-6-10-13(11)14(15(16)17)12-8-3-2-4-9-12/h2-10,14H,1H3,(H,16,17). The van der Waals surface area contributed by atoms with Crippen LogP contribution in [0.3, 0.4) is 0 Å². The van der Waals surface area contributed by atoms with Crippen molar-refractivity contribution in [1.82, 2.24) is 0 Å². The third-order valence-corrected chi connectivity index (χ3v) is 2.88. The van der Waals surface area contributed by atoms with E-state index in [0.29, 0.717) is 0 Å². The Bertz CT molecular complexity index is 517. The summed E-state index contributed by atoms with van der Waals surface area (Å²) in [5, 5.41) is 9.40. The molecule has 1 N–H and O–H groups in total. The van der Waals surface area contributed by atoms with Crippen LogP contribution >= 0.6 is 0 Å². The van der Waals surface area contributed by atoms with Gasteiger partial charge in [-0.05, 0) is 23.6 Å². The number of carbonyl (C=O) groups is 1. The van der Waals surface area contributed by atoms with Crippen molar-refractivity contribution in [1.29, 1.82) is 0 Å². The van der Waals surface area contributed by atoms with Crippen molar-refractivity contribution in [3.05, 3.63) is 71.3 Å². The number of carboxylic acid groups (broad SMARTS) is 1. The molecule has 2 aromatic carbocycles. The Morgan fingerprint density at radius 3 is 2.18 bits per heavy atom. The number of benzene rings is 2. The molecule has 0 aliphatic rings. The Morgan fingerprint density at radius 1 is 1.00 bits per heavy atom. The molecule has 1 atom stereocenters. The summed E-state index contributed by atoms with van der Waals surface area (Å²) in [6.07, 6.45) is 0. The first-order valence-corrected chi connectivity index (χ1v) is 5.53. The first kappa shape index (κ1) is 11.4. The summed E-state index contributed by atoms with van der Waals surface area (Å²) in [7, 11) is 0. The van der Waals surface area contributed by atoms with E-state index in [4.69, 9.17) is 0 Å². The zero-order valence-electron chi connectivity index (χ0n) is 9.63. The lowest BCUT2D eigenvalue weighted by Gasteiger charge is -2.15. The highest BCUT2D eigenvalue weighted by atomic mass is 16.4. The van der Waals surface area contributed by atoms with E-state index in [1.807, 2.05) is 61.5 Å². The predicted molar refractivity (Wildman–Crippen MR) is 67.1 cm³/mol. The van der Waals surface area contributed by atoms with Crippen molar-refractivity contribution in [2.24, 2.45) is 0 Å². The van der Waals surface area contributed by atoms with E-state index < -0.39 is 11.9 Å². The highest BCUT2D eigenvalue weighted by Gasteiger charge is 2.22. The van der Waals surface area contributed by atoms with Crippen LogP contribution in [0.1, 0.15) is 22.6 Å². The van der Waals surface area contributed by atoms with Crippen LogP contribution in [-0.4, -0.2) is 11.1 Å². The summed E-state index contributed by atoms with van der Waals surface area (Å²) in [5.41, 5.74) is 2.67. The maximum absolute atomic E-state index is 11.5. The third kappa shape index (κ3) is 2.36. The summed E-state index contributed by atoms with van der Waals surface area (Å²) in [6, 6.07) is 16.9. The molecule has 2 rings (SSSR count). The van der Waals surface area contributed by atoms with Crippen molar-refractivity contribution in [3.8, 4) is 0 Å². The van der Waals surface area contributed by atoms with Crippen LogP contribution in [0, 0.1) is 6.92 Å². The third-order valence-electron chi connectivity index (χ3n) is 2.88. The highest BCUT2D eigenvalue weighted by Crippen LogP contribution is 2.27. The maximum atomic E-state index is 11.5. The quantitative estimate of drug-likeness (QED) is 0.872. The average Bonchev–Trinajstić information content (AvgIpc) is 2.33. The minimum absolute atomic E-state index is 0.586. The monoisotopic (exact) mass is 226 g/mol. The van der Waals surface area contributed by atoms with Crippen molar-refractivity contribution in [3.63, 3.8) is 0 Å². The van der Waals surface area contributed by atoms with Crippen LogP contribution in [0.2, 0.25) is 0 Å². The molecule has 0 fully saturated rings. The van der Waals surface area contributed by atoms with Gasteiger partial charge in [0, 0.05) is 0 Å². The van der Waals surface area contributed by atoms with Gasteiger partial charge in [0.15, 0.2) is 0 Å². The molecule has 1 unspecified atom stereocenters. The van der Waals surface area contributed by atoms with Gasteiger partial charge in [0.25, 0.3) is 0 Å². The molecular formula is C15H14O2. The predicted octanol–water partition coefficient (Wildman–Crippen LogP) is 3.21. The van der Waals surface area contributed by atoms with E-state index in [9.17, 15) is 9.90 Å². The molecule has 86 valence electrons. The van der Waals surface area contributed by atoms with E-state index in [0.717, 1.165) is 16.7 Å². The number of aliphatic carboxylic acids is 1. The molecule has 0 saturated carbocycles. The Labute approximate surface area is 101 Å². The van der Waals surface area contributed by atoms with Crippen molar-refractivity contribution in [2.45, 2.75) is 12.8 Å². The van der Waals surface area contributed by atoms with E-state index in [-0.39, 0.29) is 0 Å². The molecule has 0 bridgehead atoms. The van der Waals surface area contributed by atoms with Crippen LogP contribution in [0.15, 0.2) is 54.6 Å².